The van der Waals surface area contributed by atoms with Gasteiger partial charge in [-0.25, -0.2) is 4.98 Å². The molecule has 1 atom stereocenters. The first kappa shape index (κ1) is 11.7. The number of benzene rings is 1. The van der Waals surface area contributed by atoms with Crippen molar-refractivity contribution in [1.82, 2.24) is 9.97 Å². The van der Waals surface area contributed by atoms with Crippen molar-refractivity contribution in [3.63, 3.8) is 0 Å². The van der Waals surface area contributed by atoms with Gasteiger partial charge in [-0.3, -0.25) is 4.98 Å². The summed E-state index contributed by atoms with van der Waals surface area (Å²) < 4.78 is 10.9. The van der Waals surface area contributed by atoms with Crippen molar-refractivity contribution in [2.24, 2.45) is 5.73 Å². The zero-order valence-electron chi connectivity index (χ0n) is 10.4. The number of furan rings is 1. The van der Waals surface area contributed by atoms with E-state index in [9.17, 15) is 0 Å². The highest BCUT2D eigenvalue weighted by molar-refractivity contribution is 5.77. The lowest BCUT2D eigenvalue weighted by atomic mass is 10.1. The third-order valence-corrected chi connectivity index (χ3v) is 2.93. The smallest absolute Gasteiger partial charge is 0.237 e. The van der Waals surface area contributed by atoms with E-state index < -0.39 is 6.04 Å². The van der Waals surface area contributed by atoms with E-state index >= 15 is 0 Å². The Bertz CT molecular complexity index is 675. The van der Waals surface area contributed by atoms with E-state index in [-0.39, 0.29) is 0 Å². The highest BCUT2D eigenvalue weighted by Crippen LogP contribution is 2.28. The minimum absolute atomic E-state index is 0.412. The van der Waals surface area contributed by atoms with Crippen molar-refractivity contribution in [3.8, 4) is 5.88 Å². The van der Waals surface area contributed by atoms with E-state index in [0.717, 1.165) is 11.0 Å². The van der Waals surface area contributed by atoms with E-state index in [1.165, 1.54) is 0 Å². The molecule has 2 N–H and O–H groups in total. The molecule has 96 valence electrons. The fourth-order valence-corrected chi connectivity index (χ4v) is 2.00. The van der Waals surface area contributed by atoms with Gasteiger partial charge in [0.25, 0.3) is 0 Å². The number of nitrogens with two attached hydrogens (primary N) is 1. The topological polar surface area (TPSA) is 74.2 Å². The Morgan fingerprint density at radius 1 is 1.21 bits per heavy atom. The zero-order chi connectivity index (χ0) is 13.2. The summed E-state index contributed by atoms with van der Waals surface area (Å²) in [6, 6.07) is 9.16. The molecule has 0 saturated carbocycles. The van der Waals surface area contributed by atoms with Crippen LogP contribution in [0.5, 0.6) is 5.88 Å². The van der Waals surface area contributed by atoms with Gasteiger partial charge in [0.1, 0.15) is 23.1 Å². The number of fused-ring (bicyclic) bond motifs is 1. The molecule has 19 heavy (non-hydrogen) atoms. The van der Waals surface area contributed by atoms with Gasteiger partial charge in [-0.05, 0) is 12.1 Å². The van der Waals surface area contributed by atoms with Crippen molar-refractivity contribution >= 4 is 11.0 Å². The summed E-state index contributed by atoms with van der Waals surface area (Å²) in [5.74, 6) is 1.05. The maximum Gasteiger partial charge on any atom is 0.237 e. The predicted octanol–water partition coefficient (Wildman–Crippen LogP) is 2.28. The fourth-order valence-electron chi connectivity index (χ4n) is 2.00. The highest BCUT2D eigenvalue weighted by atomic mass is 16.5. The molecule has 2 heterocycles. The van der Waals surface area contributed by atoms with Crippen molar-refractivity contribution in [1.29, 1.82) is 0 Å². The molecular formula is C14H13N3O2. The first-order chi connectivity index (χ1) is 9.29. The average Bonchev–Trinajstić information content (AvgIpc) is 2.90. The van der Waals surface area contributed by atoms with Crippen LogP contribution >= 0.6 is 0 Å². The number of hydrogen-bond acceptors (Lipinski definition) is 5. The van der Waals surface area contributed by atoms with Crippen LogP contribution in [0.2, 0.25) is 0 Å². The quantitative estimate of drug-likeness (QED) is 0.777. The molecule has 2 aromatic heterocycles. The molecule has 0 fully saturated rings. The average molecular weight is 255 g/mol. The predicted molar refractivity (Wildman–Crippen MR) is 70.8 cm³/mol. The SMILES string of the molecule is COc1nccnc1C(N)c1cc2ccccc2o1. The second-order valence-corrected chi connectivity index (χ2v) is 4.12. The highest BCUT2D eigenvalue weighted by Gasteiger charge is 2.20. The van der Waals surface area contributed by atoms with Gasteiger partial charge in [0.15, 0.2) is 0 Å². The third kappa shape index (κ3) is 2.04. The molecule has 1 aromatic carbocycles. The Kier molecular flexibility index (Phi) is 2.89. The van der Waals surface area contributed by atoms with Gasteiger partial charge in [0.05, 0.1) is 7.11 Å². The number of rotatable bonds is 3. The summed E-state index contributed by atoms with van der Waals surface area (Å²) in [7, 11) is 1.54. The lowest BCUT2D eigenvalue weighted by Crippen LogP contribution is -2.14. The first-order valence-electron chi connectivity index (χ1n) is 5.88. The number of ether oxygens (including phenoxy) is 1. The second-order valence-electron chi connectivity index (χ2n) is 4.12. The summed E-state index contributed by atoms with van der Waals surface area (Å²) >= 11 is 0. The molecule has 0 spiro atoms. The molecule has 5 nitrogen and oxygen atoms in total. The maximum absolute atomic E-state index is 6.18. The molecular weight excluding hydrogens is 242 g/mol. The number of nitrogens with zero attached hydrogens (tertiary/aromatic N) is 2. The van der Waals surface area contributed by atoms with Gasteiger partial charge in [-0.15, -0.1) is 0 Å². The Hall–Kier alpha value is -2.40. The summed E-state index contributed by atoms with van der Waals surface area (Å²) in [5.41, 5.74) is 7.54. The Balaban J connectivity index is 2.05. The fraction of sp³-hybridized carbons (Fsp3) is 0.143. The Labute approximate surface area is 110 Å². The van der Waals surface area contributed by atoms with Gasteiger partial charge < -0.3 is 14.9 Å². The van der Waals surface area contributed by atoms with E-state index in [1.54, 1.807) is 19.5 Å². The van der Waals surface area contributed by atoms with Gasteiger partial charge in [0, 0.05) is 17.8 Å². The lowest BCUT2D eigenvalue weighted by molar-refractivity contribution is 0.383. The summed E-state index contributed by atoms with van der Waals surface area (Å²) in [5, 5.41) is 1.01. The van der Waals surface area contributed by atoms with Crippen LogP contribution in [-0.4, -0.2) is 17.1 Å². The number of methoxy groups -OCH3 is 1. The third-order valence-electron chi connectivity index (χ3n) is 2.93. The maximum atomic E-state index is 6.18. The van der Waals surface area contributed by atoms with Gasteiger partial charge in [-0.2, -0.15) is 0 Å². The molecule has 1 unspecified atom stereocenters. The van der Waals surface area contributed by atoms with Gasteiger partial charge in [-0.1, -0.05) is 18.2 Å². The number of aromatic nitrogens is 2. The van der Waals surface area contributed by atoms with Crippen molar-refractivity contribution in [3.05, 3.63) is 54.2 Å². The van der Waals surface area contributed by atoms with Crippen molar-refractivity contribution in [2.45, 2.75) is 6.04 Å². The van der Waals surface area contributed by atoms with E-state index in [0.29, 0.717) is 17.3 Å². The molecule has 5 heteroatoms. The van der Waals surface area contributed by atoms with E-state index in [4.69, 9.17) is 14.9 Å². The minimum Gasteiger partial charge on any atom is -0.480 e. The van der Waals surface area contributed by atoms with Crippen molar-refractivity contribution < 1.29 is 9.15 Å². The Morgan fingerprint density at radius 3 is 2.79 bits per heavy atom. The molecule has 0 aliphatic heterocycles. The second kappa shape index (κ2) is 4.70. The molecule has 0 amide bonds. The van der Waals surface area contributed by atoms with E-state index in [1.807, 2.05) is 30.3 Å². The van der Waals surface area contributed by atoms with Gasteiger partial charge >= 0.3 is 0 Å². The lowest BCUT2D eigenvalue weighted by Gasteiger charge is -2.10. The van der Waals surface area contributed by atoms with Crippen LogP contribution in [0.4, 0.5) is 0 Å². The Morgan fingerprint density at radius 2 is 2.00 bits per heavy atom. The van der Waals surface area contributed by atoms with Crippen LogP contribution in [0.25, 0.3) is 11.0 Å². The van der Waals surface area contributed by atoms with Crippen LogP contribution in [0.1, 0.15) is 17.5 Å². The zero-order valence-corrected chi connectivity index (χ0v) is 10.4. The normalized spacial score (nSPS) is 12.5. The molecule has 0 aliphatic rings. The minimum atomic E-state index is -0.504. The monoisotopic (exact) mass is 255 g/mol. The number of para-hydroxylation sites is 1. The summed E-state index contributed by atoms with van der Waals surface area (Å²) in [4.78, 5) is 8.31. The molecule has 3 aromatic rings. The van der Waals surface area contributed by atoms with Crippen LogP contribution in [0, 0.1) is 0 Å². The van der Waals surface area contributed by atoms with Crippen LogP contribution in [0.15, 0.2) is 47.1 Å². The van der Waals surface area contributed by atoms with E-state index in [2.05, 4.69) is 9.97 Å². The molecule has 3 rings (SSSR count). The van der Waals surface area contributed by atoms with Crippen molar-refractivity contribution in [2.75, 3.05) is 7.11 Å². The summed E-state index contributed by atoms with van der Waals surface area (Å²) in [6.07, 6.45) is 3.15. The van der Waals surface area contributed by atoms with Crippen LogP contribution in [0.3, 0.4) is 0 Å². The molecule has 0 radical (unpaired) electrons. The van der Waals surface area contributed by atoms with Crippen LogP contribution in [-0.2, 0) is 0 Å². The molecule has 0 aliphatic carbocycles. The molecule has 0 bridgehead atoms. The van der Waals surface area contributed by atoms with Gasteiger partial charge in [0.2, 0.25) is 5.88 Å². The summed E-state index contributed by atoms with van der Waals surface area (Å²) in [6.45, 7) is 0. The number of hydrogen-bond donors (Lipinski definition) is 1. The first-order valence-corrected chi connectivity index (χ1v) is 5.88. The molecule has 0 saturated heterocycles. The standard InChI is InChI=1S/C14H13N3O2/c1-18-14-13(16-6-7-17-14)12(15)11-8-9-4-2-3-5-10(9)19-11/h2-8,12H,15H2,1H3. The van der Waals surface area contributed by atoms with Crippen LogP contribution < -0.4 is 10.5 Å². The largest absolute Gasteiger partial charge is 0.480 e.